The van der Waals surface area contributed by atoms with Crippen molar-refractivity contribution in [1.82, 2.24) is 9.97 Å². The van der Waals surface area contributed by atoms with Crippen molar-refractivity contribution in [2.75, 3.05) is 30.3 Å². The number of hydrogen-bond donors (Lipinski definition) is 3. The third kappa shape index (κ3) is 5.33. The molecule has 1 rings (SSSR count). The van der Waals surface area contributed by atoms with E-state index in [4.69, 9.17) is 0 Å². The molecule has 0 spiro atoms. The second-order valence-electron chi connectivity index (χ2n) is 6.25. The molecule has 114 valence electrons. The zero-order valence-electron chi connectivity index (χ0n) is 13.3. The molecule has 0 aliphatic heterocycles. The second-order valence-corrected chi connectivity index (χ2v) is 6.25. The maximum Gasteiger partial charge on any atom is 0.135 e. The highest BCUT2D eigenvalue weighted by atomic mass is 16.3. The van der Waals surface area contributed by atoms with Gasteiger partial charge in [0.25, 0.3) is 0 Å². The minimum atomic E-state index is -0.167. The Labute approximate surface area is 122 Å². The molecule has 0 fully saturated rings. The number of aliphatic hydroxyl groups excluding tert-OH is 1. The van der Waals surface area contributed by atoms with E-state index >= 15 is 0 Å². The Balaban J connectivity index is 2.85. The quantitative estimate of drug-likeness (QED) is 0.683. The molecule has 0 saturated carbocycles. The topological polar surface area (TPSA) is 70.1 Å². The molecule has 1 aromatic heterocycles. The number of nitrogens with zero attached hydrogens (tertiary/aromatic N) is 2. The fourth-order valence-electron chi connectivity index (χ4n) is 1.54. The predicted octanol–water partition coefficient (Wildman–Crippen LogP) is 2.85. The standard InChI is InChI=1S/C15H28N4O/c1-6-7-16-12-8-13(17-9-15(4,5)10-20)19-14(18-12)11(2)3/h8,11,20H,6-7,9-10H2,1-5H3,(H2,16,17,18,19). The minimum absolute atomic E-state index is 0.142. The molecule has 0 aliphatic carbocycles. The molecule has 0 aromatic carbocycles. The molecular weight excluding hydrogens is 252 g/mol. The van der Waals surface area contributed by atoms with Crippen molar-refractivity contribution < 1.29 is 5.11 Å². The lowest BCUT2D eigenvalue weighted by Gasteiger charge is -2.22. The molecule has 0 saturated heterocycles. The summed E-state index contributed by atoms with van der Waals surface area (Å²) in [5.74, 6) is 2.78. The fourth-order valence-corrected chi connectivity index (χ4v) is 1.54. The average molecular weight is 280 g/mol. The molecule has 20 heavy (non-hydrogen) atoms. The largest absolute Gasteiger partial charge is 0.396 e. The van der Waals surface area contributed by atoms with Crippen LogP contribution >= 0.6 is 0 Å². The molecule has 0 bridgehead atoms. The summed E-state index contributed by atoms with van der Waals surface area (Å²) >= 11 is 0. The number of nitrogens with one attached hydrogen (secondary N) is 2. The molecule has 3 N–H and O–H groups in total. The van der Waals surface area contributed by atoms with E-state index in [1.807, 2.05) is 19.9 Å². The van der Waals surface area contributed by atoms with Crippen LogP contribution in [0.1, 0.15) is 52.8 Å². The van der Waals surface area contributed by atoms with Crippen LogP contribution in [0.2, 0.25) is 0 Å². The first-order valence-electron chi connectivity index (χ1n) is 7.35. The first-order chi connectivity index (χ1) is 9.38. The van der Waals surface area contributed by atoms with E-state index in [1.54, 1.807) is 0 Å². The minimum Gasteiger partial charge on any atom is -0.396 e. The highest BCUT2D eigenvalue weighted by Crippen LogP contribution is 2.19. The van der Waals surface area contributed by atoms with Gasteiger partial charge in [-0.3, -0.25) is 0 Å². The highest BCUT2D eigenvalue weighted by Gasteiger charge is 2.17. The van der Waals surface area contributed by atoms with Crippen LogP contribution in [0.5, 0.6) is 0 Å². The first-order valence-corrected chi connectivity index (χ1v) is 7.35. The van der Waals surface area contributed by atoms with Crippen molar-refractivity contribution in [3.8, 4) is 0 Å². The average Bonchev–Trinajstić information content (AvgIpc) is 2.43. The molecule has 1 heterocycles. The SMILES string of the molecule is CCCNc1cc(NCC(C)(C)CO)nc(C(C)C)n1. The Morgan fingerprint density at radius 1 is 1.20 bits per heavy atom. The van der Waals surface area contributed by atoms with Crippen molar-refractivity contribution in [3.63, 3.8) is 0 Å². The number of aromatic nitrogens is 2. The van der Waals surface area contributed by atoms with Crippen LogP contribution in [0.3, 0.4) is 0 Å². The van der Waals surface area contributed by atoms with E-state index in [1.165, 1.54) is 0 Å². The molecular formula is C15H28N4O. The van der Waals surface area contributed by atoms with Gasteiger partial charge in [0.15, 0.2) is 0 Å². The number of rotatable bonds is 8. The summed E-state index contributed by atoms with van der Waals surface area (Å²) in [6.45, 7) is 12.0. The monoisotopic (exact) mass is 280 g/mol. The van der Waals surface area contributed by atoms with Gasteiger partial charge in [-0.05, 0) is 6.42 Å². The van der Waals surface area contributed by atoms with Crippen LogP contribution in [-0.4, -0.2) is 34.8 Å². The van der Waals surface area contributed by atoms with Gasteiger partial charge >= 0.3 is 0 Å². The van der Waals surface area contributed by atoms with E-state index in [9.17, 15) is 5.11 Å². The zero-order chi connectivity index (χ0) is 15.2. The summed E-state index contributed by atoms with van der Waals surface area (Å²) in [6.07, 6.45) is 1.06. The summed E-state index contributed by atoms with van der Waals surface area (Å²) in [4.78, 5) is 9.06. The molecule has 0 aliphatic rings. The number of aliphatic hydroxyl groups is 1. The summed E-state index contributed by atoms with van der Waals surface area (Å²) in [6, 6.07) is 1.93. The molecule has 5 heteroatoms. The van der Waals surface area contributed by atoms with Crippen LogP contribution in [-0.2, 0) is 0 Å². The van der Waals surface area contributed by atoms with E-state index in [2.05, 4.69) is 41.4 Å². The molecule has 0 radical (unpaired) electrons. The summed E-state index contributed by atoms with van der Waals surface area (Å²) in [5.41, 5.74) is -0.167. The number of hydrogen-bond acceptors (Lipinski definition) is 5. The van der Waals surface area contributed by atoms with E-state index < -0.39 is 0 Å². The zero-order valence-corrected chi connectivity index (χ0v) is 13.3. The Morgan fingerprint density at radius 2 is 1.80 bits per heavy atom. The lowest BCUT2D eigenvalue weighted by Crippen LogP contribution is -2.27. The van der Waals surface area contributed by atoms with Gasteiger partial charge in [0.2, 0.25) is 0 Å². The van der Waals surface area contributed by atoms with E-state index in [-0.39, 0.29) is 17.9 Å². The molecule has 0 atom stereocenters. The molecule has 0 unspecified atom stereocenters. The van der Waals surface area contributed by atoms with Crippen molar-refractivity contribution in [2.24, 2.45) is 5.41 Å². The predicted molar refractivity (Wildman–Crippen MR) is 84.3 cm³/mol. The third-order valence-corrected chi connectivity index (χ3v) is 2.99. The van der Waals surface area contributed by atoms with E-state index in [0.717, 1.165) is 30.4 Å². The van der Waals surface area contributed by atoms with Crippen molar-refractivity contribution in [3.05, 3.63) is 11.9 Å². The normalized spacial score (nSPS) is 11.8. The maximum atomic E-state index is 9.30. The van der Waals surface area contributed by atoms with Crippen LogP contribution in [0, 0.1) is 5.41 Å². The second kappa shape index (κ2) is 7.43. The van der Waals surface area contributed by atoms with Gasteiger partial charge in [0, 0.05) is 37.1 Å². The van der Waals surface area contributed by atoms with Crippen LogP contribution in [0.25, 0.3) is 0 Å². The summed E-state index contributed by atoms with van der Waals surface area (Å²) in [7, 11) is 0. The lowest BCUT2D eigenvalue weighted by molar-refractivity contribution is 0.170. The maximum absolute atomic E-state index is 9.30. The molecule has 5 nitrogen and oxygen atoms in total. The van der Waals surface area contributed by atoms with Gasteiger partial charge in [0.05, 0.1) is 0 Å². The Hall–Kier alpha value is -1.36. The highest BCUT2D eigenvalue weighted by molar-refractivity contribution is 5.48. The van der Waals surface area contributed by atoms with Crippen LogP contribution in [0.4, 0.5) is 11.6 Å². The Bertz CT molecular complexity index is 418. The van der Waals surface area contributed by atoms with Gasteiger partial charge in [-0.2, -0.15) is 0 Å². The van der Waals surface area contributed by atoms with Crippen molar-refractivity contribution in [2.45, 2.75) is 47.0 Å². The van der Waals surface area contributed by atoms with Gasteiger partial charge in [0.1, 0.15) is 17.5 Å². The van der Waals surface area contributed by atoms with Gasteiger partial charge in [-0.15, -0.1) is 0 Å². The first kappa shape index (κ1) is 16.7. The number of anilines is 2. The summed E-state index contributed by atoms with van der Waals surface area (Å²) in [5, 5.41) is 15.9. The Kier molecular flexibility index (Phi) is 6.20. The third-order valence-electron chi connectivity index (χ3n) is 2.99. The van der Waals surface area contributed by atoms with Crippen LogP contribution in [0.15, 0.2) is 6.07 Å². The smallest absolute Gasteiger partial charge is 0.135 e. The van der Waals surface area contributed by atoms with Gasteiger partial charge in [-0.25, -0.2) is 9.97 Å². The van der Waals surface area contributed by atoms with Crippen molar-refractivity contribution >= 4 is 11.6 Å². The molecule has 0 amide bonds. The van der Waals surface area contributed by atoms with Gasteiger partial charge in [-0.1, -0.05) is 34.6 Å². The van der Waals surface area contributed by atoms with Crippen molar-refractivity contribution in [1.29, 1.82) is 0 Å². The Morgan fingerprint density at radius 3 is 2.30 bits per heavy atom. The van der Waals surface area contributed by atoms with Crippen LogP contribution < -0.4 is 10.6 Å². The summed E-state index contributed by atoms with van der Waals surface area (Å²) < 4.78 is 0. The van der Waals surface area contributed by atoms with E-state index in [0.29, 0.717) is 6.54 Å². The lowest BCUT2D eigenvalue weighted by atomic mass is 9.95. The fraction of sp³-hybridized carbons (Fsp3) is 0.733. The van der Waals surface area contributed by atoms with Gasteiger partial charge < -0.3 is 15.7 Å². The molecule has 1 aromatic rings.